The zero-order valence-corrected chi connectivity index (χ0v) is 26.9. The lowest BCUT2D eigenvalue weighted by Crippen LogP contribution is -2.68. The van der Waals surface area contributed by atoms with Gasteiger partial charge in [0, 0.05) is 0 Å². The van der Waals surface area contributed by atoms with Crippen LogP contribution in [0.4, 0.5) is 0 Å². The van der Waals surface area contributed by atoms with Crippen molar-refractivity contribution in [2.45, 2.75) is 42.4 Å². The lowest BCUT2D eigenvalue weighted by Gasteiger charge is -2.43. The normalized spacial score (nSPS) is 16.4. The lowest BCUT2D eigenvalue weighted by atomic mass is 10.00. The summed E-state index contributed by atoms with van der Waals surface area (Å²) >= 11 is 7.57. The average molecular weight is 636 g/mol. The summed E-state index contributed by atoms with van der Waals surface area (Å²) in [5, 5.41) is 14.2. The van der Waals surface area contributed by atoms with Crippen molar-refractivity contribution in [1.82, 2.24) is 0 Å². The fraction of sp³-hybridized carbons (Fsp3) is 0.273. The molecule has 0 aromatic heterocycles. The molecule has 2 nitrogen and oxygen atoms in total. The molecule has 1 aliphatic heterocycles. The van der Waals surface area contributed by atoms with Gasteiger partial charge in [0.25, 0.3) is 0 Å². The number of aliphatic hydroxyl groups is 1. The summed E-state index contributed by atoms with van der Waals surface area (Å²) in [5.41, 5.74) is 2.05. The summed E-state index contributed by atoms with van der Waals surface area (Å²) in [6.07, 6.45) is 0.499. The first-order chi connectivity index (χ1) is 18.8. The number of aliphatic hydroxyl groups excluding tert-OH is 1. The molecule has 0 bridgehead atoms. The highest BCUT2D eigenvalue weighted by Gasteiger charge is 2.52. The van der Waals surface area contributed by atoms with Gasteiger partial charge in [0.05, 0.1) is 4.47 Å². The maximum atomic E-state index is 11.9. The summed E-state index contributed by atoms with van der Waals surface area (Å²) in [7, 11) is -2.77. The van der Waals surface area contributed by atoms with Crippen LogP contribution in [0.15, 0.2) is 114 Å². The Hall–Kier alpha value is -1.96. The molecule has 1 aliphatic rings. The van der Waals surface area contributed by atoms with Crippen molar-refractivity contribution in [2.24, 2.45) is 0 Å². The van der Waals surface area contributed by atoms with Crippen LogP contribution in [0.3, 0.4) is 0 Å². The monoisotopic (exact) mass is 634 g/mol. The quantitative estimate of drug-likeness (QED) is 0.208. The van der Waals surface area contributed by atoms with E-state index in [1.54, 1.807) is 0 Å². The van der Waals surface area contributed by atoms with Crippen LogP contribution in [0, 0.1) is 0 Å². The summed E-state index contributed by atoms with van der Waals surface area (Å²) in [6, 6.07) is 38.0. The van der Waals surface area contributed by atoms with Gasteiger partial charge < -0.3 is 9.53 Å². The highest BCUT2D eigenvalue weighted by Crippen LogP contribution is 2.57. The number of halogens is 1. The molecule has 0 amide bonds. The molecule has 1 fully saturated rings. The molecule has 0 aliphatic carbocycles. The Morgan fingerprint density at radius 3 is 1.79 bits per heavy atom. The second kappa shape index (κ2) is 11.9. The summed E-state index contributed by atoms with van der Waals surface area (Å²) < 4.78 is 7.69. The van der Waals surface area contributed by atoms with Crippen LogP contribution in [0.2, 0.25) is 5.04 Å². The molecular weight excluding hydrogens is 600 g/mol. The number of thioether (sulfide) groups is 2. The molecular formula is C33H35BrO2S2Si. The summed E-state index contributed by atoms with van der Waals surface area (Å²) in [4.78, 5) is 0. The molecule has 1 saturated heterocycles. The van der Waals surface area contributed by atoms with Crippen molar-refractivity contribution in [2.75, 3.05) is 11.5 Å². The number of rotatable bonds is 7. The molecule has 1 heterocycles. The minimum Gasteiger partial charge on any atom is -0.533 e. The van der Waals surface area contributed by atoms with Gasteiger partial charge in [-0.2, -0.15) is 0 Å². The Kier molecular flexibility index (Phi) is 8.70. The van der Waals surface area contributed by atoms with Crippen LogP contribution in [0.25, 0.3) is 0 Å². The van der Waals surface area contributed by atoms with Gasteiger partial charge >= 0.3 is 8.32 Å². The third kappa shape index (κ3) is 5.51. The van der Waals surface area contributed by atoms with E-state index in [9.17, 15) is 5.11 Å². The first-order valence-electron chi connectivity index (χ1n) is 13.4. The van der Waals surface area contributed by atoms with Gasteiger partial charge in [-0.15, -0.1) is 23.5 Å². The first-order valence-corrected chi connectivity index (χ1v) is 18.1. The van der Waals surface area contributed by atoms with Gasteiger partial charge in [0.1, 0.15) is 15.9 Å². The highest BCUT2D eigenvalue weighted by molar-refractivity contribution is 9.10. The largest absolute Gasteiger partial charge is 0.533 e. The van der Waals surface area contributed by atoms with Crippen molar-refractivity contribution in [3.8, 4) is 5.75 Å². The Morgan fingerprint density at radius 1 is 0.795 bits per heavy atom. The van der Waals surface area contributed by atoms with Crippen LogP contribution >= 0.6 is 39.5 Å². The average Bonchev–Trinajstić information content (AvgIpc) is 2.97. The zero-order chi connectivity index (χ0) is 27.5. The molecule has 1 atom stereocenters. The van der Waals surface area contributed by atoms with E-state index in [4.69, 9.17) is 4.43 Å². The molecule has 0 saturated carbocycles. The molecule has 0 radical (unpaired) electrons. The highest BCUT2D eigenvalue weighted by atomic mass is 79.9. The molecule has 39 heavy (non-hydrogen) atoms. The molecule has 4 aromatic carbocycles. The van der Waals surface area contributed by atoms with Gasteiger partial charge in [0.2, 0.25) is 0 Å². The van der Waals surface area contributed by atoms with E-state index < -0.39 is 18.5 Å². The second-order valence-corrected chi connectivity index (χ2v) is 19.0. The maximum absolute atomic E-state index is 11.9. The Labute approximate surface area is 250 Å². The van der Waals surface area contributed by atoms with Gasteiger partial charge in [0.15, 0.2) is 0 Å². The topological polar surface area (TPSA) is 29.5 Å². The summed E-state index contributed by atoms with van der Waals surface area (Å²) in [6.45, 7) is 6.85. The second-order valence-electron chi connectivity index (χ2n) is 10.9. The summed E-state index contributed by atoms with van der Waals surface area (Å²) in [5.74, 6) is 2.88. The molecule has 1 N–H and O–H groups in total. The number of hydrogen-bond acceptors (Lipinski definition) is 4. The molecule has 6 heteroatoms. The van der Waals surface area contributed by atoms with E-state index in [0.717, 1.165) is 39.3 Å². The number of benzene rings is 4. The van der Waals surface area contributed by atoms with E-state index in [2.05, 4.69) is 128 Å². The van der Waals surface area contributed by atoms with Crippen molar-refractivity contribution in [1.29, 1.82) is 0 Å². The molecule has 0 spiro atoms. The third-order valence-electron chi connectivity index (χ3n) is 7.41. The molecule has 4 aromatic rings. The molecule has 5 rings (SSSR count). The zero-order valence-electron chi connectivity index (χ0n) is 22.6. The van der Waals surface area contributed by atoms with Crippen molar-refractivity contribution in [3.05, 3.63) is 125 Å². The first kappa shape index (κ1) is 28.6. The van der Waals surface area contributed by atoms with Gasteiger partial charge in [-0.05, 0) is 72.5 Å². The Bertz CT molecular complexity index is 1330. The lowest BCUT2D eigenvalue weighted by molar-refractivity contribution is 0.163. The van der Waals surface area contributed by atoms with E-state index >= 15 is 0 Å². The molecule has 202 valence electrons. The predicted octanol–water partition coefficient (Wildman–Crippen LogP) is 8.14. The van der Waals surface area contributed by atoms with E-state index in [-0.39, 0.29) is 5.04 Å². The van der Waals surface area contributed by atoms with Gasteiger partial charge in [-0.1, -0.05) is 118 Å². The van der Waals surface area contributed by atoms with E-state index in [0.29, 0.717) is 0 Å². The van der Waals surface area contributed by atoms with Crippen LogP contribution in [-0.2, 0) is 4.08 Å². The van der Waals surface area contributed by atoms with Crippen molar-refractivity contribution >= 4 is 58.1 Å². The third-order valence-corrected chi connectivity index (χ3v) is 16.4. The van der Waals surface area contributed by atoms with Gasteiger partial charge in [-0.3, -0.25) is 0 Å². The smallest absolute Gasteiger partial charge is 0.320 e. The van der Waals surface area contributed by atoms with Crippen molar-refractivity contribution < 1.29 is 9.53 Å². The minimum absolute atomic E-state index is 0.139. The van der Waals surface area contributed by atoms with Crippen LogP contribution < -0.4 is 14.8 Å². The van der Waals surface area contributed by atoms with Crippen LogP contribution in [0.5, 0.6) is 5.75 Å². The molecule has 1 unspecified atom stereocenters. The standard InChI is InChI=1S/C33H35BrO2S2Si/c1-32(2,3)39(27-16-9-5-10-17-27,28-18-11-6-12-19-28)36-30-21-20-25(24-29(30)34)31(35)33(37-22-13-23-38-33)26-14-7-4-8-15-26/h4-12,14-21,24,31,35H,13,22-23H2,1-3H3. The van der Waals surface area contributed by atoms with Crippen LogP contribution in [0.1, 0.15) is 44.4 Å². The Morgan fingerprint density at radius 2 is 1.31 bits per heavy atom. The van der Waals surface area contributed by atoms with Crippen molar-refractivity contribution in [3.63, 3.8) is 0 Å². The van der Waals surface area contributed by atoms with E-state index in [1.807, 2.05) is 41.7 Å². The Balaban J connectivity index is 1.57. The minimum atomic E-state index is -2.77. The maximum Gasteiger partial charge on any atom is 0.320 e. The SMILES string of the molecule is CC(C)(C)[Si](Oc1ccc(C(O)C2(c3ccccc3)SCCCS2)cc1Br)(c1ccccc1)c1ccccc1. The van der Waals surface area contributed by atoms with Crippen LogP contribution in [-0.4, -0.2) is 24.9 Å². The predicted molar refractivity (Wildman–Crippen MR) is 175 cm³/mol. The van der Waals surface area contributed by atoms with Gasteiger partial charge in [-0.25, -0.2) is 0 Å². The fourth-order valence-corrected chi connectivity index (χ4v) is 14.0. The fourth-order valence-electron chi connectivity index (χ4n) is 5.50. The van der Waals surface area contributed by atoms with E-state index in [1.165, 1.54) is 10.4 Å². The number of hydrogen-bond donors (Lipinski definition) is 1.